The molecule has 0 saturated heterocycles. The minimum atomic E-state index is -3.67. The van der Waals surface area contributed by atoms with Crippen molar-refractivity contribution in [3.63, 3.8) is 0 Å². The Morgan fingerprint density at radius 1 is 1.15 bits per heavy atom. The molecule has 26 heavy (non-hydrogen) atoms. The minimum absolute atomic E-state index is 0.00657. The molecule has 2 aromatic carbocycles. The van der Waals surface area contributed by atoms with Crippen LogP contribution in [0.1, 0.15) is 22.6 Å². The van der Waals surface area contributed by atoms with Gasteiger partial charge in [0.15, 0.2) is 11.5 Å². The van der Waals surface area contributed by atoms with Crippen molar-refractivity contribution < 1.29 is 28.3 Å². The average Bonchev–Trinajstić information content (AvgIpc) is 2.75. The van der Waals surface area contributed by atoms with Crippen LogP contribution in [-0.2, 0) is 16.5 Å². The maximum atomic E-state index is 9.86. The maximum Gasteiger partial charge on any atom is 0.261 e. The van der Waals surface area contributed by atoms with Gasteiger partial charge in [-0.2, -0.15) is 8.42 Å². The third-order valence-electron chi connectivity index (χ3n) is 3.93. The van der Waals surface area contributed by atoms with Gasteiger partial charge in [-0.3, -0.25) is 4.55 Å². The molecule has 1 heterocycles. The highest BCUT2D eigenvalue weighted by molar-refractivity contribution is 7.85. The second-order valence-corrected chi connectivity index (χ2v) is 7.80. The molecule has 0 spiro atoms. The van der Waals surface area contributed by atoms with Crippen LogP contribution in [-0.4, -0.2) is 47.6 Å². The van der Waals surface area contributed by atoms with E-state index in [0.717, 1.165) is 23.2 Å². The molecule has 1 aliphatic rings. The average molecular weight is 402 g/mol. The summed E-state index contributed by atoms with van der Waals surface area (Å²) in [5.41, 5.74) is 2.78. The van der Waals surface area contributed by atoms with E-state index in [1.165, 1.54) is 0 Å². The van der Waals surface area contributed by atoms with Gasteiger partial charge in [0.25, 0.3) is 10.1 Å². The zero-order valence-corrected chi connectivity index (χ0v) is 15.5. The van der Waals surface area contributed by atoms with Crippen LogP contribution >= 0.6 is 11.6 Å². The Hall–Kier alpha value is -2.00. The van der Waals surface area contributed by atoms with E-state index >= 15 is 0 Å². The fraction of sp³-hybridized carbons (Fsp3) is 0.294. The number of benzene rings is 2. The van der Waals surface area contributed by atoms with Crippen molar-refractivity contribution in [3.8, 4) is 17.2 Å². The molecule has 1 atom stereocenters. The van der Waals surface area contributed by atoms with Crippen molar-refractivity contribution in [1.82, 2.24) is 5.32 Å². The quantitative estimate of drug-likeness (QED) is 0.366. The molecule has 0 unspecified atom stereocenters. The number of hydrogen-bond donors (Lipinski definition) is 5. The zero-order chi connectivity index (χ0) is 19.5. The third-order valence-corrected chi connectivity index (χ3v) is 4.33. The van der Waals surface area contributed by atoms with Gasteiger partial charge in [0.2, 0.25) is 0 Å². The number of rotatable bonds is 1. The van der Waals surface area contributed by atoms with Crippen molar-refractivity contribution >= 4 is 21.7 Å². The largest absolute Gasteiger partial charge is 0.508 e. The van der Waals surface area contributed by atoms with Crippen LogP contribution in [0, 0.1) is 0 Å². The summed E-state index contributed by atoms with van der Waals surface area (Å²) in [6.07, 6.45) is 1.41. The van der Waals surface area contributed by atoms with E-state index in [9.17, 15) is 23.7 Å². The first-order valence-electron chi connectivity index (χ1n) is 7.73. The minimum Gasteiger partial charge on any atom is -0.508 e. The predicted molar refractivity (Wildman–Crippen MR) is 98.8 cm³/mol. The Kier molecular flexibility index (Phi) is 6.35. The first kappa shape index (κ1) is 20.3. The molecule has 0 radical (unpaired) electrons. The van der Waals surface area contributed by atoms with Crippen molar-refractivity contribution in [1.29, 1.82) is 0 Å². The van der Waals surface area contributed by atoms with Gasteiger partial charge in [-0.1, -0.05) is 23.7 Å². The fourth-order valence-corrected chi connectivity index (χ4v) is 3.12. The Bertz CT molecular complexity index is 875. The Balaban J connectivity index is 0.000000431. The zero-order valence-electron chi connectivity index (χ0n) is 14.0. The summed E-state index contributed by atoms with van der Waals surface area (Å²) in [5, 5.41) is 32.7. The van der Waals surface area contributed by atoms with Crippen LogP contribution < -0.4 is 5.32 Å². The van der Waals surface area contributed by atoms with Gasteiger partial charge in [-0.05, 0) is 47.9 Å². The lowest BCUT2D eigenvalue weighted by Gasteiger charge is -2.20. The molecule has 0 aromatic heterocycles. The number of nitrogens with one attached hydrogen (secondary N) is 1. The van der Waals surface area contributed by atoms with E-state index in [0.29, 0.717) is 19.2 Å². The Labute approximate surface area is 156 Å². The monoisotopic (exact) mass is 401 g/mol. The van der Waals surface area contributed by atoms with Crippen LogP contribution in [0.25, 0.3) is 0 Å². The molecule has 9 heteroatoms. The lowest BCUT2D eigenvalue weighted by Crippen LogP contribution is -2.20. The van der Waals surface area contributed by atoms with Crippen LogP contribution in [0.2, 0.25) is 5.02 Å². The van der Waals surface area contributed by atoms with Gasteiger partial charge in [0.1, 0.15) is 5.75 Å². The van der Waals surface area contributed by atoms with Crippen molar-refractivity contribution in [2.45, 2.75) is 12.3 Å². The summed E-state index contributed by atoms with van der Waals surface area (Å²) >= 11 is 6.19. The third kappa shape index (κ3) is 5.25. The van der Waals surface area contributed by atoms with Gasteiger partial charge in [-0.25, -0.2) is 0 Å². The normalized spacial score (nSPS) is 16.8. The van der Waals surface area contributed by atoms with Gasteiger partial charge < -0.3 is 20.6 Å². The van der Waals surface area contributed by atoms with Crippen LogP contribution in [0.15, 0.2) is 30.3 Å². The maximum absolute atomic E-state index is 9.86. The SMILES string of the molecule is CS(=O)(=O)O.Oc1ccc([C@@H]2CNCCc3c2cc(O)c(O)c3Cl)cc1. The predicted octanol–water partition coefficient (Wildman–Crippen LogP) is 2.24. The van der Waals surface area contributed by atoms with Gasteiger partial charge in [0, 0.05) is 12.5 Å². The standard InChI is InChI=1S/C16H16ClNO3.CH4O3S/c17-15-11-5-6-18-8-13(9-1-3-10(19)4-2-9)12(11)7-14(20)16(15)21;1-5(2,3)4/h1-4,7,13,18-21H,5-6,8H2;1H3,(H,2,3,4)/t13-;/m0./s1. The highest BCUT2D eigenvalue weighted by Gasteiger charge is 2.25. The molecular formula is C17H20ClNO6S. The molecule has 7 nitrogen and oxygen atoms in total. The van der Waals surface area contributed by atoms with Crippen molar-refractivity contribution in [3.05, 3.63) is 52.0 Å². The molecule has 0 amide bonds. The van der Waals surface area contributed by atoms with Crippen LogP contribution in [0.3, 0.4) is 0 Å². The second-order valence-electron chi connectivity index (χ2n) is 5.96. The van der Waals surface area contributed by atoms with Gasteiger partial charge in [-0.15, -0.1) is 0 Å². The summed E-state index contributed by atoms with van der Waals surface area (Å²) in [4.78, 5) is 0. The fourth-order valence-electron chi connectivity index (χ4n) is 2.82. The molecule has 142 valence electrons. The van der Waals surface area contributed by atoms with Gasteiger partial charge in [0.05, 0.1) is 11.3 Å². The summed E-state index contributed by atoms with van der Waals surface area (Å²) in [6, 6.07) is 8.58. The number of halogens is 1. The summed E-state index contributed by atoms with van der Waals surface area (Å²) in [6.45, 7) is 1.46. The smallest absolute Gasteiger partial charge is 0.261 e. The molecule has 5 N–H and O–H groups in total. The van der Waals surface area contributed by atoms with Crippen molar-refractivity contribution in [2.75, 3.05) is 19.3 Å². The highest BCUT2D eigenvalue weighted by Crippen LogP contribution is 2.42. The lowest BCUT2D eigenvalue weighted by atomic mass is 9.87. The van der Waals surface area contributed by atoms with E-state index in [2.05, 4.69) is 5.32 Å². The summed E-state index contributed by atoms with van der Waals surface area (Å²) < 4.78 is 25.9. The molecule has 0 fully saturated rings. The molecular weight excluding hydrogens is 382 g/mol. The first-order chi connectivity index (χ1) is 12.1. The second kappa shape index (κ2) is 8.13. The Morgan fingerprint density at radius 2 is 1.73 bits per heavy atom. The van der Waals surface area contributed by atoms with E-state index in [1.807, 2.05) is 12.1 Å². The Morgan fingerprint density at radius 3 is 2.31 bits per heavy atom. The summed E-state index contributed by atoms with van der Waals surface area (Å²) in [7, 11) is -3.67. The number of fused-ring (bicyclic) bond motifs is 1. The first-order valence-corrected chi connectivity index (χ1v) is 9.96. The van der Waals surface area contributed by atoms with E-state index in [1.54, 1.807) is 18.2 Å². The molecule has 1 aliphatic heterocycles. The van der Waals surface area contributed by atoms with Crippen LogP contribution in [0.5, 0.6) is 17.2 Å². The van der Waals surface area contributed by atoms with Crippen molar-refractivity contribution in [2.24, 2.45) is 0 Å². The molecule has 3 rings (SSSR count). The lowest BCUT2D eigenvalue weighted by molar-refractivity contribution is 0.402. The van der Waals surface area contributed by atoms with Crippen LogP contribution in [0.4, 0.5) is 0 Å². The molecule has 0 aliphatic carbocycles. The van der Waals surface area contributed by atoms with E-state index in [4.69, 9.17) is 16.2 Å². The topological polar surface area (TPSA) is 127 Å². The van der Waals surface area contributed by atoms with E-state index in [-0.39, 0.29) is 28.2 Å². The molecule has 2 aromatic rings. The molecule has 0 bridgehead atoms. The number of phenolic OH excluding ortho intramolecular Hbond substituents is 3. The van der Waals surface area contributed by atoms with E-state index < -0.39 is 10.1 Å². The highest BCUT2D eigenvalue weighted by atomic mass is 35.5. The number of phenols is 3. The number of hydrogen-bond acceptors (Lipinski definition) is 6. The molecule has 0 saturated carbocycles. The summed E-state index contributed by atoms with van der Waals surface area (Å²) in [5.74, 6) is -0.245. The van der Waals surface area contributed by atoms with Gasteiger partial charge >= 0.3 is 0 Å². The number of aromatic hydroxyl groups is 3.